The number of nitrogens with zero attached hydrogens (tertiary/aromatic N) is 3. The molecule has 3 aromatic rings. The first-order valence-electron chi connectivity index (χ1n) is 9.40. The summed E-state index contributed by atoms with van der Waals surface area (Å²) in [6, 6.07) is 15.4. The second-order valence-corrected chi connectivity index (χ2v) is 7.42. The van der Waals surface area contributed by atoms with Crippen LogP contribution < -0.4 is 0 Å². The third kappa shape index (κ3) is 2.69. The fourth-order valence-electron chi connectivity index (χ4n) is 4.05. The quantitative estimate of drug-likeness (QED) is 0.703. The number of aromatic amines is 1. The van der Waals surface area contributed by atoms with Crippen LogP contribution in [0.1, 0.15) is 22.4 Å². The molecule has 0 spiro atoms. The summed E-state index contributed by atoms with van der Waals surface area (Å²) in [6.07, 6.45) is 2.15. The number of piperazine rings is 1. The van der Waals surface area contributed by atoms with Crippen molar-refractivity contribution in [3.63, 3.8) is 0 Å². The number of H-pyrrole nitrogens is 1. The van der Waals surface area contributed by atoms with Gasteiger partial charge in [-0.3, -0.25) is 9.59 Å². The maximum absolute atomic E-state index is 13.1. The number of carbonyl (C=O) groups excluding carboxylic acids is 2. The highest BCUT2D eigenvalue weighted by molar-refractivity contribution is 5.97. The number of nitrogens with one attached hydrogen (secondary N) is 1. The molecule has 6 heteroatoms. The molecule has 1 fully saturated rings. The van der Waals surface area contributed by atoms with E-state index in [-0.39, 0.29) is 18.4 Å². The normalized spacial score (nSPS) is 19.4. The Labute approximate surface area is 162 Å². The van der Waals surface area contributed by atoms with Crippen LogP contribution >= 0.6 is 0 Å². The molecule has 5 rings (SSSR count). The van der Waals surface area contributed by atoms with Crippen LogP contribution in [0.4, 0.5) is 0 Å². The van der Waals surface area contributed by atoms with Crippen molar-refractivity contribution in [1.82, 2.24) is 14.9 Å². The largest absolute Gasteiger partial charge is 0.357 e. The van der Waals surface area contributed by atoms with Gasteiger partial charge in [-0.25, -0.2) is 5.01 Å². The molecule has 2 aromatic carbocycles. The van der Waals surface area contributed by atoms with Crippen LogP contribution in [0.25, 0.3) is 10.9 Å². The van der Waals surface area contributed by atoms with E-state index in [1.54, 1.807) is 11.1 Å². The van der Waals surface area contributed by atoms with Gasteiger partial charge in [-0.1, -0.05) is 48.0 Å². The maximum Gasteiger partial charge on any atom is 0.266 e. The standard InChI is InChI=1S/C22H20N4O2/c1-14-6-8-15(9-7-14)11-23-26-13-21(27)25-12-19-17(10-20(25)22(26)28)16-4-2-3-5-18(16)24-19/h2-9,11,20,24H,10,12-13H2,1H3/t20-/m0/s1. The van der Waals surface area contributed by atoms with Crippen LogP contribution in [0.2, 0.25) is 0 Å². The lowest BCUT2D eigenvalue weighted by atomic mass is 9.94. The van der Waals surface area contributed by atoms with E-state index in [0.717, 1.165) is 33.3 Å². The summed E-state index contributed by atoms with van der Waals surface area (Å²) in [6.45, 7) is 2.44. The molecule has 1 atom stereocenters. The molecule has 0 bridgehead atoms. The van der Waals surface area contributed by atoms with E-state index in [1.165, 1.54) is 5.01 Å². The van der Waals surface area contributed by atoms with Crippen molar-refractivity contribution in [3.05, 3.63) is 70.9 Å². The second kappa shape index (κ2) is 6.34. The molecule has 0 aliphatic carbocycles. The van der Waals surface area contributed by atoms with Crippen LogP contribution in [0, 0.1) is 6.92 Å². The van der Waals surface area contributed by atoms with Crippen LogP contribution in [-0.2, 0) is 22.6 Å². The van der Waals surface area contributed by atoms with Crippen molar-refractivity contribution < 1.29 is 9.59 Å². The van der Waals surface area contributed by atoms with Crippen molar-refractivity contribution in [2.45, 2.75) is 25.9 Å². The highest BCUT2D eigenvalue weighted by Gasteiger charge is 2.43. The minimum atomic E-state index is -0.497. The van der Waals surface area contributed by atoms with Crippen molar-refractivity contribution in [3.8, 4) is 0 Å². The molecule has 3 heterocycles. The Morgan fingerprint density at radius 3 is 2.68 bits per heavy atom. The number of hydrogen-bond acceptors (Lipinski definition) is 3. The summed E-state index contributed by atoms with van der Waals surface area (Å²) in [5.41, 5.74) is 5.25. The zero-order valence-electron chi connectivity index (χ0n) is 15.6. The van der Waals surface area contributed by atoms with E-state index in [2.05, 4.69) is 16.2 Å². The van der Waals surface area contributed by atoms with Crippen LogP contribution in [0.5, 0.6) is 0 Å². The van der Waals surface area contributed by atoms with Gasteiger partial charge in [0.15, 0.2) is 0 Å². The lowest BCUT2D eigenvalue weighted by Gasteiger charge is -2.40. The molecule has 1 saturated heterocycles. The highest BCUT2D eigenvalue weighted by atomic mass is 16.2. The predicted molar refractivity (Wildman–Crippen MR) is 107 cm³/mol. The molecule has 0 saturated carbocycles. The zero-order valence-corrected chi connectivity index (χ0v) is 15.6. The van der Waals surface area contributed by atoms with Crippen molar-refractivity contribution in [1.29, 1.82) is 0 Å². The Morgan fingerprint density at radius 2 is 1.86 bits per heavy atom. The van der Waals surface area contributed by atoms with Gasteiger partial charge in [0.2, 0.25) is 5.91 Å². The first-order valence-corrected chi connectivity index (χ1v) is 9.40. The SMILES string of the molecule is Cc1ccc(C=NN2CC(=O)N3Cc4[nH]c5ccccc5c4C[C@H]3C2=O)cc1. The first kappa shape index (κ1) is 16.7. The molecule has 2 aliphatic heterocycles. The number of amides is 2. The third-order valence-electron chi connectivity index (χ3n) is 5.57. The van der Waals surface area contributed by atoms with Gasteiger partial charge in [-0.05, 0) is 24.1 Å². The van der Waals surface area contributed by atoms with E-state index in [0.29, 0.717) is 13.0 Å². The average molecular weight is 372 g/mol. The van der Waals surface area contributed by atoms with E-state index in [4.69, 9.17) is 0 Å². The number of aromatic nitrogens is 1. The summed E-state index contributed by atoms with van der Waals surface area (Å²) in [5, 5.41) is 6.75. The number of fused-ring (bicyclic) bond motifs is 4. The Morgan fingerprint density at radius 1 is 1.07 bits per heavy atom. The number of carbonyl (C=O) groups is 2. The molecule has 1 aromatic heterocycles. The van der Waals surface area contributed by atoms with Gasteiger partial charge in [-0.15, -0.1) is 0 Å². The van der Waals surface area contributed by atoms with E-state index < -0.39 is 6.04 Å². The average Bonchev–Trinajstić information content (AvgIpc) is 3.07. The smallest absolute Gasteiger partial charge is 0.266 e. The topological polar surface area (TPSA) is 68.8 Å². The third-order valence-corrected chi connectivity index (χ3v) is 5.57. The van der Waals surface area contributed by atoms with Gasteiger partial charge in [0.25, 0.3) is 5.91 Å². The van der Waals surface area contributed by atoms with Crippen LogP contribution in [0.3, 0.4) is 0 Å². The maximum atomic E-state index is 13.1. The molecule has 0 radical (unpaired) electrons. The van der Waals surface area contributed by atoms with Crippen molar-refractivity contribution in [2.75, 3.05) is 6.54 Å². The molecule has 1 N–H and O–H groups in total. The summed E-state index contributed by atoms with van der Waals surface area (Å²) in [4.78, 5) is 30.8. The number of benzene rings is 2. The predicted octanol–water partition coefficient (Wildman–Crippen LogP) is 2.61. The first-order chi connectivity index (χ1) is 13.6. The summed E-state index contributed by atoms with van der Waals surface area (Å²) in [5.74, 6) is -0.200. The van der Waals surface area contributed by atoms with E-state index in [9.17, 15) is 9.59 Å². The molecular formula is C22H20N4O2. The fourth-order valence-corrected chi connectivity index (χ4v) is 4.05. The van der Waals surface area contributed by atoms with Gasteiger partial charge < -0.3 is 9.88 Å². The Hall–Kier alpha value is -3.41. The van der Waals surface area contributed by atoms with Gasteiger partial charge in [0, 0.05) is 23.0 Å². The lowest BCUT2D eigenvalue weighted by molar-refractivity contribution is -0.157. The highest BCUT2D eigenvalue weighted by Crippen LogP contribution is 2.32. The molecule has 2 aliphatic rings. The van der Waals surface area contributed by atoms with Crippen molar-refractivity contribution >= 4 is 28.9 Å². The molecule has 6 nitrogen and oxygen atoms in total. The molecule has 0 unspecified atom stereocenters. The summed E-state index contributed by atoms with van der Waals surface area (Å²) >= 11 is 0. The van der Waals surface area contributed by atoms with Crippen molar-refractivity contribution in [2.24, 2.45) is 5.10 Å². The van der Waals surface area contributed by atoms with Gasteiger partial charge in [-0.2, -0.15) is 5.10 Å². The van der Waals surface area contributed by atoms with Crippen LogP contribution in [-0.4, -0.2) is 45.5 Å². The summed E-state index contributed by atoms with van der Waals surface area (Å²) in [7, 11) is 0. The summed E-state index contributed by atoms with van der Waals surface area (Å²) < 4.78 is 0. The van der Waals surface area contributed by atoms with Gasteiger partial charge >= 0.3 is 0 Å². The number of aryl methyl sites for hydroxylation is 1. The van der Waals surface area contributed by atoms with Crippen LogP contribution in [0.15, 0.2) is 53.6 Å². The number of hydrazone groups is 1. The minimum Gasteiger partial charge on any atom is -0.357 e. The number of hydrogen-bond donors (Lipinski definition) is 1. The second-order valence-electron chi connectivity index (χ2n) is 7.42. The molecule has 2 amide bonds. The lowest BCUT2D eigenvalue weighted by Crippen LogP contribution is -2.60. The van der Waals surface area contributed by atoms with E-state index in [1.807, 2.05) is 49.4 Å². The number of para-hydroxylation sites is 1. The van der Waals surface area contributed by atoms with Gasteiger partial charge in [0.1, 0.15) is 12.6 Å². The van der Waals surface area contributed by atoms with Gasteiger partial charge in [0.05, 0.1) is 12.8 Å². The fraction of sp³-hybridized carbons (Fsp3) is 0.227. The molecule has 140 valence electrons. The van der Waals surface area contributed by atoms with E-state index >= 15 is 0 Å². The zero-order chi connectivity index (χ0) is 19.3. The Bertz CT molecular complexity index is 1110. The molecule has 28 heavy (non-hydrogen) atoms. The molecular weight excluding hydrogens is 352 g/mol. The Balaban J connectivity index is 1.44. The Kier molecular flexibility index (Phi) is 3.79. The minimum absolute atomic E-state index is 0.0206. The number of rotatable bonds is 2. The monoisotopic (exact) mass is 372 g/mol.